The van der Waals surface area contributed by atoms with Crippen LogP contribution in [0.5, 0.6) is 0 Å². The van der Waals surface area contributed by atoms with Crippen LogP contribution in [-0.2, 0) is 11.2 Å². The van der Waals surface area contributed by atoms with E-state index in [1.54, 1.807) is 7.05 Å². The van der Waals surface area contributed by atoms with Crippen LogP contribution in [0.15, 0.2) is 30.3 Å². The molecule has 1 aliphatic carbocycles. The van der Waals surface area contributed by atoms with E-state index in [0.29, 0.717) is 0 Å². The third kappa shape index (κ3) is 1.24. The summed E-state index contributed by atoms with van der Waals surface area (Å²) in [5.74, 6) is 0.00458. The van der Waals surface area contributed by atoms with Crippen LogP contribution in [0.1, 0.15) is 11.1 Å². The van der Waals surface area contributed by atoms with Crippen LogP contribution >= 0.6 is 0 Å². The molecule has 0 unspecified atom stereocenters. The van der Waals surface area contributed by atoms with Crippen molar-refractivity contribution in [2.75, 3.05) is 7.05 Å². The molecule has 2 rings (SSSR count). The van der Waals surface area contributed by atoms with Crippen molar-refractivity contribution in [2.24, 2.45) is 0 Å². The van der Waals surface area contributed by atoms with E-state index in [1.807, 2.05) is 24.3 Å². The molecule has 0 saturated heterocycles. The Kier molecular flexibility index (Phi) is 1.89. The predicted octanol–water partition coefficient (Wildman–Crippen LogP) is 1.37. The minimum atomic E-state index is 0.00458. The summed E-state index contributed by atoms with van der Waals surface area (Å²) in [6.07, 6.45) is 2.85. The second-order valence-corrected chi connectivity index (χ2v) is 3.06. The van der Waals surface area contributed by atoms with Crippen LogP contribution in [0.2, 0.25) is 0 Å². The Morgan fingerprint density at radius 3 is 2.92 bits per heavy atom. The number of fused-ring (bicyclic) bond motifs is 1. The van der Waals surface area contributed by atoms with Crippen LogP contribution in [-0.4, -0.2) is 13.0 Å². The van der Waals surface area contributed by atoms with E-state index in [0.717, 1.165) is 17.6 Å². The summed E-state index contributed by atoms with van der Waals surface area (Å²) in [5.41, 5.74) is 3.11. The fourth-order valence-corrected chi connectivity index (χ4v) is 1.63. The molecule has 2 nitrogen and oxygen atoms in total. The standard InChI is InChI=1S/C11H11NO/c1-12-11(13)10-7-6-8-4-2-3-5-9(8)10/h2-5,7H,6H2,1H3,(H,12,13). The Morgan fingerprint density at radius 2 is 2.15 bits per heavy atom. The molecule has 2 heteroatoms. The van der Waals surface area contributed by atoms with E-state index in [1.165, 1.54) is 5.56 Å². The largest absolute Gasteiger partial charge is 0.355 e. The molecule has 1 amide bonds. The first-order valence-electron chi connectivity index (χ1n) is 4.33. The zero-order valence-electron chi connectivity index (χ0n) is 7.50. The van der Waals surface area contributed by atoms with Crippen molar-refractivity contribution in [3.8, 4) is 0 Å². The van der Waals surface area contributed by atoms with Gasteiger partial charge in [0.2, 0.25) is 0 Å². The lowest BCUT2D eigenvalue weighted by Gasteiger charge is -2.02. The number of rotatable bonds is 1. The Morgan fingerprint density at radius 1 is 1.38 bits per heavy atom. The molecule has 1 N–H and O–H groups in total. The molecule has 0 fully saturated rings. The number of hydrogen-bond acceptors (Lipinski definition) is 1. The van der Waals surface area contributed by atoms with Crippen LogP contribution in [0.4, 0.5) is 0 Å². The first-order chi connectivity index (χ1) is 6.33. The first-order valence-corrected chi connectivity index (χ1v) is 4.33. The smallest absolute Gasteiger partial charge is 0.251 e. The molecule has 0 spiro atoms. The van der Waals surface area contributed by atoms with E-state index >= 15 is 0 Å². The molecule has 1 aromatic rings. The average Bonchev–Trinajstić information content (AvgIpc) is 2.60. The predicted molar refractivity (Wildman–Crippen MR) is 52.2 cm³/mol. The Balaban J connectivity index is 2.41. The molecule has 0 heterocycles. The van der Waals surface area contributed by atoms with Gasteiger partial charge < -0.3 is 5.32 Å². The fourth-order valence-electron chi connectivity index (χ4n) is 1.63. The van der Waals surface area contributed by atoms with Gasteiger partial charge in [0.05, 0.1) is 0 Å². The number of likely N-dealkylation sites (N-methyl/N-ethyl adjacent to an activating group) is 1. The van der Waals surface area contributed by atoms with Crippen molar-refractivity contribution in [3.05, 3.63) is 41.5 Å². The van der Waals surface area contributed by atoms with Gasteiger partial charge in [0.1, 0.15) is 0 Å². The van der Waals surface area contributed by atoms with Crippen LogP contribution in [0, 0.1) is 0 Å². The molecule has 13 heavy (non-hydrogen) atoms. The number of carbonyl (C=O) groups excluding carboxylic acids is 1. The summed E-state index contributed by atoms with van der Waals surface area (Å²) in [7, 11) is 1.66. The average molecular weight is 173 g/mol. The molecule has 0 radical (unpaired) electrons. The van der Waals surface area contributed by atoms with E-state index in [4.69, 9.17) is 0 Å². The van der Waals surface area contributed by atoms with Crippen molar-refractivity contribution < 1.29 is 4.79 Å². The molecule has 1 aromatic carbocycles. The van der Waals surface area contributed by atoms with Crippen molar-refractivity contribution in [1.29, 1.82) is 0 Å². The van der Waals surface area contributed by atoms with Gasteiger partial charge in [-0.15, -0.1) is 0 Å². The van der Waals surface area contributed by atoms with E-state index in [9.17, 15) is 4.79 Å². The second-order valence-electron chi connectivity index (χ2n) is 3.06. The number of hydrogen-bond donors (Lipinski definition) is 1. The fraction of sp³-hybridized carbons (Fsp3) is 0.182. The maximum Gasteiger partial charge on any atom is 0.251 e. The Labute approximate surface area is 77.3 Å². The van der Waals surface area contributed by atoms with Crippen LogP contribution in [0.25, 0.3) is 5.57 Å². The molecular formula is C11H11NO. The van der Waals surface area contributed by atoms with E-state index < -0.39 is 0 Å². The molecule has 66 valence electrons. The van der Waals surface area contributed by atoms with Gasteiger partial charge in [0.25, 0.3) is 5.91 Å². The Hall–Kier alpha value is -1.57. The van der Waals surface area contributed by atoms with E-state index in [2.05, 4.69) is 11.4 Å². The summed E-state index contributed by atoms with van der Waals surface area (Å²) in [5, 5.41) is 2.64. The summed E-state index contributed by atoms with van der Waals surface area (Å²) in [6, 6.07) is 8.01. The number of benzene rings is 1. The maximum atomic E-state index is 11.4. The highest BCUT2D eigenvalue weighted by molar-refractivity contribution is 6.20. The number of carbonyl (C=O) groups is 1. The van der Waals surface area contributed by atoms with Gasteiger partial charge in [-0.1, -0.05) is 30.3 Å². The van der Waals surface area contributed by atoms with Gasteiger partial charge in [0, 0.05) is 12.6 Å². The van der Waals surface area contributed by atoms with Crippen LogP contribution in [0.3, 0.4) is 0 Å². The summed E-state index contributed by atoms with van der Waals surface area (Å²) >= 11 is 0. The highest BCUT2D eigenvalue weighted by Crippen LogP contribution is 2.26. The zero-order chi connectivity index (χ0) is 9.26. The highest BCUT2D eigenvalue weighted by atomic mass is 16.1. The number of nitrogens with one attached hydrogen (secondary N) is 1. The second kappa shape index (κ2) is 3.05. The van der Waals surface area contributed by atoms with Crippen molar-refractivity contribution >= 4 is 11.5 Å². The molecular weight excluding hydrogens is 162 g/mol. The molecule has 0 aromatic heterocycles. The van der Waals surface area contributed by atoms with Crippen molar-refractivity contribution in [1.82, 2.24) is 5.32 Å². The summed E-state index contributed by atoms with van der Waals surface area (Å²) in [4.78, 5) is 11.4. The van der Waals surface area contributed by atoms with Gasteiger partial charge in [-0.05, 0) is 17.5 Å². The third-order valence-electron chi connectivity index (χ3n) is 2.31. The number of amides is 1. The molecule has 0 bridgehead atoms. The lowest BCUT2D eigenvalue weighted by Crippen LogP contribution is -2.18. The van der Waals surface area contributed by atoms with Gasteiger partial charge in [-0.3, -0.25) is 4.79 Å². The van der Waals surface area contributed by atoms with Crippen LogP contribution < -0.4 is 5.32 Å². The van der Waals surface area contributed by atoms with Gasteiger partial charge in [-0.25, -0.2) is 0 Å². The maximum absolute atomic E-state index is 11.4. The lowest BCUT2D eigenvalue weighted by molar-refractivity contribution is -0.115. The Bertz CT molecular complexity index is 379. The first kappa shape index (κ1) is 8.05. The highest BCUT2D eigenvalue weighted by Gasteiger charge is 2.17. The molecule has 0 saturated carbocycles. The normalized spacial score (nSPS) is 13.5. The van der Waals surface area contributed by atoms with Gasteiger partial charge in [-0.2, -0.15) is 0 Å². The van der Waals surface area contributed by atoms with Crippen molar-refractivity contribution in [2.45, 2.75) is 6.42 Å². The number of allylic oxidation sites excluding steroid dienone is 1. The van der Waals surface area contributed by atoms with Gasteiger partial charge in [0.15, 0.2) is 0 Å². The van der Waals surface area contributed by atoms with E-state index in [-0.39, 0.29) is 5.91 Å². The zero-order valence-corrected chi connectivity index (χ0v) is 7.50. The minimum absolute atomic E-state index is 0.00458. The lowest BCUT2D eigenvalue weighted by atomic mass is 10.1. The SMILES string of the molecule is CNC(=O)C1=CCc2ccccc21. The van der Waals surface area contributed by atoms with Gasteiger partial charge >= 0.3 is 0 Å². The summed E-state index contributed by atoms with van der Waals surface area (Å²) < 4.78 is 0. The molecule has 0 aliphatic heterocycles. The van der Waals surface area contributed by atoms with Crippen molar-refractivity contribution in [3.63, 3.8) is 0 Å². The molecule has 0 atom stereocenters. The quantitative estimate of drug-likeness (QED) is 0.682. The monoisotopic (exact) mass is 173 g/mol. The minimum Gasteiger partial charge on any atom is -0.355 e. The third-order valence-corrected chi connectivity index (χ3v) is 2.31. The molecule has 1 aliphatic rings. The topological polar surface area (TPSA) is 29.1 Å². The summed E-state index contributed by atoms with van der Waals surface area (Å²) in [6.45, 7) is 0.